The average molecular weight is 111 g/mol. The second-order valence-electron chi connectivity index (χ2n) is 1.95. The Kier molecular flexibility index (Phi) is 1.52. The second-order valence-corrected chi connectivity index (χ2v) is 1.95. The summed E-state index contributed by atoms with van der Waals surface area (Å²) in [6.45, 7) is 0.843. The molecule has 2 atom stereocenters. The van der Waals surface area contributed by atoms with E-state index in [1.165, 1.54) is 0 Å². The third kappa shape index (κ3) is 0.835. The first-order chi connectivity index (χ1) is 3.84. The molecule has 0 aromatic carbocycles. The fourth-order valence-corrected chi connectivity index (χ4v) is 0.859. The van der Waals surface area contributed by atoms with Crippen molar-refractivity contribution in [3.05, 3.63) is 0 Å². The minimum Gasteiger partial charge on any atom is -0.390 e. The molecule has 0 spiro atoms. The molecule has 8 heavy (non-hydrogen) atoms. The highest BCUT2D eigenvalue weighted by atomic mass is 16.3. The lowest BCUT2D eigenvalue weighted by Crippen LogP contribution is -2.27. The maximum absolute atomic E-state index is 8.98. The quantitative estimate of drug-likeness (QED) is 0.407. The topological polar surface area (TPSA) is 32.3 Å². The number of terminal acetylenes is 1. The SMILES string of the molecule is C#C[C@H]1NCC[C@@H]1O. The largest absolute Gasteiger partial charge is 0.390 e. The number of hydrogen-bond acceptors (Lipinski definition) is 2. The van der Waals surface area contributed by atoms with Gasteiger partial charge in [-0.25, -0.2) is 0 Å². The molecule has 0 bridgehead atoms. The summed E-state index contributed by atoms with van der Waals surface area (Å²) in [5.41, 5.74) is 0. The molecule has 1 aliphatic rings. The number of aliphatic hydroxyl groups is 1. The van der Waals surface area contributed by atoms with Crippen molar-refractivity contribution in [3.63, 3.8) is 0 Å². The van der Waals surface area contributed by atoms with E-state index in [0.717, 1.165) is 13.0 Å². The van der Waals surface area contributed by atoms with Gasteiger partial charge < -0.3 is 10.4 Å². The van der Waals surface area contributed by atoms with Crippen LogP contribution < -0.4 is 5.32 Å². The summed E-state index contributed by atoms with van der Waals surface area (Å²) in [5.74, 6) is 2.45. The Morgan fingerprint density at radius 1 is 1.75 bits per heavy atom. The summed E-state index contributed by atoms with van der Waals surface area (Å²) < 4.78 is 0. The van der Waals surface area contributed by atoms with E-state index >= 15 is 0 Å². The van der Waals surface area contributed by atoms with Crippen LogP contribution >= 0.6 is 0 Å². The van der Waals surface area contributed by atoms with Crippen molar-refractivity contribution in [2.75, 3.05) is 6.54 Å². The maximum Gasteiger partial charge on any atom is 0.0950 e. The monoisotopic (exact) mass is 111 g/mol. The molecule has 1 rings (SSSR count). The highest BCUT2D eigenvalue weighted by Crippen LogP contribution is 2.03. The molecule has 0 radical (unpaired) electrons. The standard InChI is InChI=1S/C6H9NO/c1-2-5-6(8)3-4-7-5/h1,5-8H,3-4H2/t5-,6+/m1/s1. The molecular formula is C6H9NO. The molecule has 2 heteroatoms. The summed E-state index contributed by atoms with van der Waals surface area (Å²) in [5, 5.41) is 12.0. The maximum atomic E-state index is 8.98. The minimum atomic E-state index is -0.319. The van der Waals surface area contributed by atoms with Crippen LogP contribution in [0.4, 0.5) is 0 Å². The van der Waals surface area contributed by atoms with Crippen molar-refractivity contribution >= 4 is 0 Å². The van der Waals surface area contributed by atoms with Gasteiger partial charge >= 0.3 is 0 Å². The van der Waals surface area contributed by atoms with Crippen molar-refractivity contribution in [3.8, 4) is 12.3 Å². The van der Waals surface area contributed by atoms with E-state index in [9.17, 15) is 0 Å². The zero-order valence-electron chi connectivity index (χ0n) is 4.59. The summed E-state index contributed by atoms with van der Waals surface area (Å²) in [4.78, 5) is 0. The van der Waals surface area contributed by atoms with Crippen LogP contribution in [0.2, 0.25) is 0 Å². The summed E-state index contributed by atoms with van der Waals surface area (Å²) in [7, 11) is 0. The summed E-state index contributed by atoms with van der Waals surface area (Å²) in [6.07, 6.45) is 5.52. The van der Waals surface area contributed by atoms with E-state index < -0.39 is 0 Å². The Morgan fingerprint density at radius 3 is 2.75 bits per heavy atom. The van der Waals surface area contributed by atoms with E-state index in [0.29, 0.717) is 0 Å². The van der Waals surface area contributed by atoms with Gasteiger partial charge in [0.15, 0.2) is 0 Å². The average Bonchev–Trinajstić information content (AvgIpc) is 2.14. The number of nitrogens with one attached hydrogen (secondary N) is 1. The van der Waals surface area contributed by atoms with Crippen LogP contribution in [0.25, 0.3) is 0 Å². The van der Waals surface area contributed by atoms with E-state index in [1.807, 2.05) is 0 Å². The molecule has 0 amide bonds. The third-order valence-electron chi connectivity index (χ3n) is 1.37. The molecule has 1 fully saturated rings. The molecule has 2 N–H and O–H groups in total. The van der Waals surface area contributed by atoms with Crippen molar-refractivity contribution in [1.82, 2.24) is 5.32 Å². The smallest absolute Gasteiger partial charge is 0.0950 e. The molecule has 1 heterocycles. The molecule has 0 aromatic heterocycles. The Balaban J connectivity index is 2.45. The molecule has 0 aromatic rings. The first-order valence-electron chi connectivity index (χ1n) is 2.72. The molecule has 0 unspecified atom stereocenters. The van der Waals surface area contributed by atoms with Gasteiger partial charge in [-0.05, 0) is 13.0 Å². The fourth-order valence-electron chi connectivity index (χ4n) is 0.859. The fraction of sp³-hybridized carbons (Fsp3) is 0.667. The van der Waals surface area contributed by atoms with Crippen LogP contribution in [0.15, 0.2) is 0 Å². The Bertz CT molecular complexity index is 116. The second kappa shape index (κ2) is 2.17. The summed E-state index contributed by atoms with van der Waals surface area (Å²) in [6, 6.07) is -0.102. The summed E-state index contributed by atoms with van der Waals surface area (Å²) >= 11 is 0. The zero-order valence-corrected chi connectivity index (χ0v) is 4.59. The lowest BCUT2D eigenvalue weighted by Gasteiger charge is -2.04. The third-order valence-corrected chi connectivity index (χ3v) is 1.37. The molecule has 0 aliphatic carbocycles. The highest BCUT2D eigenvalue weighted by Gasteiger charge is 2.21. The molecule has 1 aliphatic heterocycles. The lowest BCUT2D eigenvalue weighted by atomic mass is 10.2. The molecular weight excluding hydrogens is 102 g/mol. The van der Waals surface area contributed by atoms with Gasteiger partial charge in [-0.2, -0.15) is 0 Å². The van der Waals surface area contributed by atoms with Gasteiger partial charge in [-0.3, -0.25) is 0 Å². The molecule has 0 saturated carbocycles. The van der Waals surface area contributed by atoms with Gasteiger partial charge in [0.1, 0.15) is 0 Å². The molecule has 2 nitrogen and oxygen atoms in total. The van der Waals surface area contributed by atoms with Crippen LogP contribution in [0.3, 0.4) is 0 Å². The van der Waals surface area contributed by atoms with Crippen LogP contribution in [0, 0.1) is 12.3 Å². The number of aliphatic hydroxyl groups excluding tert-OH is 1. The van der Waals surface area contributed by atoms with E-state index in [1.54, 1.807) is 0 Å². The molecule has 1 saturated heterocycles. The van der Waals surface area contributed by atoms with Gasteiger partial charge in [0.2, 0.25) is 0 Å². The van der Waals surface area contributed by atoms with Crippen molar-refractivity contribution in [2.24, 2.45) is 0 Å². The lowest BCUT2D eigenvalue weighted by molar-refractivity contribution is 0.178. The first-order valence-corrected chi connectivity index (χ1v) is 2.72. The zero-order chi connectivity index (χ0) is 5.98. The van der Waals surface area contributed by atoms with Crippen molar-refractivity contribution in [2.45, 2.75) is 18.6 Å². The Labute approximate surface area is 48.9 Å². The van der Waals surface area contributed by atoms with Crippen molar-refractivity contribution < 1.29 is 5.11 Å². The highest BCUT2D eigenvalue weighted by molar-refractivity contribution is 5.05. The number of hydrogen-bond donors (Lipinski definition) is 2. The molecule has 44 valence electrons. The Morgan fingerprint density at radius 2 is 2.50 bits per heavy atom. The number of rotatable bonds is 0. The van der Waals surface area contributed by atoms with Crippen LogP contribution in [0.1, 0.15) is 6.42 Å². The predicted molar refractivity (Wildman–Crippen MR) is 31.2 cm³/mol. The van der Waals surface area contributed by atoms with E-state index in [2.05, 4.69) is 11.2 Å². The Hall–Kier alpha value is -0.520. The van der Waals surface area contributed by atoms with Gasteiger partial charge in [-0.1, -0.05) is 5.92 Å². The minimum absolute atomic E-state index is 0.102. The predicted octanol–water partition coefficient (Wildman–Crippen LogP) is -0.658. The van der Waals surface area contributed by atoms with Gasteiger partial charge in [-0.15, -0.1) is 6.42 Å². The van der Waals surface area contributed by atoms with Gasteiger partial charge in [0.05, 0.1) is 12.1 Å². The van der Waals surface area contributed by atoms with Crippen LogP contribution in [0.5, 0.6) is 0 Å². The van der Waals surface area contributed by atoms with E-state index in [4.69, 9.17) is 11.5 Å². The first kappa shape index (κ1) is 5.61. The van der Waals surface area contributed by atoms with E-state index in [-0.39, 0.29) is 12.1 Å². The van der Waals surface area contributed by atoms with Crippen LogP contribution in [-0.4, -0.2) is 23.8 Å². The van der Waals surface area contributed by atoms with Gasteiger partial charge in [0, 0.05) is 0 Å². The van der Waals surface area contributed by atoms with Crippen LogP contribution in [-0.2, 0) is 0 Å². The van der Waals surface area contributed by atoms with Crippen molar-refractivity contribution in [1.29, 1.82) is 0 Å². The normalized spacial score (nSPS) is 37.0. The van der Waals surface area contributed by atoms with Gasteiger partial charge in [0.25, 0.3) is 0 Å².